The molecule has 1 amide bonds. The summed E-state index contributed by atoms with van der Waals surface area (Å²) in [5.41, 5.74) is 0.605. The molecule has 0 bridgehead atoms. The van der Waals surface area contributed by atoms with Gasteiger partial charge < -0.3 is 0 Å². The predicted molar refractivity (Wildman–Crippen MR) is 86.3 cm³/mol. The SMILES string of the molecule is O=C(c1ccccc1)N1CCn2c1cc1ccccc1c2=O. The molecule has 0 N–H and O–H groups in total. The lowest BCUT2D eigenvalue weighted by atomic mass is 10.1. The molecule has 4 rings (SSSR count). The molecule has 0 atom stereocenters. The van der Waals surface area contributed by atoms with Crippen LogP contribution in [0.4, 0.5) is 5.82 Å². The lowest BCUT2D eigenvalue weighted by molar-refractivity contribution is 0.0989. The molecule has 0 radical (unpaired) electrons. The van der Waals surface area contributed by atoms with Crippen LogP contribution in [0.2, 0.25) is 0 Å². The first kappa shape index (κ1) is 12.8. The quantitative estimate of drug-likeness (QED) is 0.691. The van der Waals surface area contributed by atoms with Gasteiger partial charge in [0.25, 0.3) is 11.5 Å². The maximum atomic E-state index is 12.7. The van der Waals surface area contributed by atoms with Gasteiger partial charge in [-0.15, -0.1) is 0 Å². The Morgan fingerprint density at radius 1 is 0.909 bits per heavy atom. The zero-order valence-corrected chi connectivity index (χ0v) is 11.9. The second-order valence-electron chi connectivity index (χ2n) is 5.37. The molecule has 2 aromatic carbocycles. The van der Waals surface area contributed by atoms with Crippen molar-refractivity contribution in [2.45, 2.75) is 6.54 Å². The number of hydrogen-bond acceptors (Lipinski definition) is 2. The normalized spacial score (nSPS) is 13.4. The molecule has 1 aromatic heterocycles. The number of aromatic nitrogens is 1. The van der Waals surface area contributed by atoms with E-state index in [1.807, 2.05) is 48.5 Å². The Balaban J connectivity index is 1.86. The standard InChI is InChI=1S/C18H14N2O2/c21-17(13-6-2-1-3-7-13)19-10-11-20-16(19)12-14-8-4-5-9-15(14)18(20)22/h1-9,12H,10-11H2. The average Bonchev–Trinajstić information content (AvgIpc) is 2.99. The average molecular weight is 290 g/mol. The molecule has 1 aliphatic heterocycles. The Labute approximate surface area is 127 Å². The van der Waals surface area contributed by atoms with Crippen LogP contribution in [0.1, 0.15) is 10.4 Å². The lowest BCUT2D eigenvalue weighted by Gasteiger charge is -2.17. The second kappa shape index (κ2) is 4.84. The highest BCUT2D eigenvalue weighted by Crippen LogP contribution is 2.25. The van der Waals surface area contributed by atoms with Gasteiger partial charge in [-0.2, -0.15) is 0 Å². The zero-order chi connectivity index (χ0) is 15.1. The van der Waals surface area contributed by atoms with E-state index in [9.17, 15) is 9.59 Å². The fourth-order valence-electron chi connectivity index (χ4n) is 2.98. The molecular weight excluding hydrogens is 276 g/mol. The number of nitrogens with zero attached hydrogens (tertiary/aromatic N) is 2. The van der Waals surface area contributed by atoms with Crippen LogP contribution in [0.15, 0.2) is 65.5 Å². The molecular formula is C18H14N2O2. The van der Waals surface area contributed by atoms with Gasteiger partial charge in [0.2, 0.25) is 0 Å². The molecule has 0 saturated carbocycles. The van der Waals surface area contributed by atoms with E-state index in [0.717, 1.165) is 5.39 Å². The topological polar surface area (TPSA) is 42.3 Å². The third-order valence-corrected chi connectivity index (χ3v) is 4.09. The minimum Gasteiger partial charge on any atom is -0.292 e. The monoisotopic (exact) mass is 290 g/mol. The molecule has 0 saturated heterocycles. The highest BCUT2D eigenvalue weighted by Gasteiger charge is 2.27. The van der Waals surface area contributed by atoms with Crippen LogP contribution < -0.4 is 10.5 Å². The molecule has 0 unspecified atom stereocenters. The van der Waals surface area contributed by atoms with E-state index in [2.05, 4.69) is 0 Å². The number of anilines is 1. The van der Waals surface area contributed by atoms with Crippen molar-refractivity contribution in [3.8, 4) is 0 Å². The smallest absolute Gasteiger partial charge is 0.260 e. The van der Waals surface area contributed by atoms with E-state index >= 15 is 0 Å². The van der Waals surface area contributed by atoms with E-state index in [0.29, 0.717) is 29.9 Å². The first-order valence-corrected chi connectivity index (χ1v) is 7.25. The van der Waals surface area contributed by atoms with Crippen molar-refractivity contribution in [3.63, 3.8) is 0 Å². The van der Waals surface area contributed by atoms with Crippen LogP contribution >= 0.6 is 0 Å². The van der Waals surface area contributed by atoms with Crippen LogP contribution in [0.25, 0.3) is 10.8 Å². The first-order chi connectivity index (χ1) is 10.8. The van der Waals surface area contributed by atoms with Gasteiger partial charge in [0, 0.05) is 24.0 Å². The van der Waals surface area contributed by atoms with Crippen molar-refractivity contribution >= 4 is 22.5 Å². The number of fused-ring (bicyclic) bond motifs is 2. The van der Waals surface area contributed by atoms with Crippen molar-refractivity contribution in [3.05, 3.63) is 76.6 Å². The number of amides is 1. The first-order valence-electron chi connectivity index (χ1n) is 7.25. The van der Waals surface area contributed by atoms with E-state index in [-0.39, 0.29) is 11.5 Å². The molecule has 22 heavy (non-hydrogen) atoms. The molecule has 1 aliphatic rings. The van der Waals surface area contributed by atoms with Crippen LogP contribution in [-0.2, 0) is 6.54 Å². The zero-order valence-electron chi connectivity index (χ0n) is 11.9. The van der Waals surface area contributed by atoms with Crippen molar-refractivity contribution in [1.29, 1.82) is 0 Å². The molecule has 2 heterocycles. The lowest BCUT2D eigenvalue weighted by Crippen LogP contribution is -2.29. The minimum atomic E-state index is -0.0680. The summed E-state index contributed by atoms with van der Waals surface area (Å²) in [6, 6.07) is 18.6. The van der Waals surface area contributed by atoms with Gasteiger partial charge in [-0.3, -0.25) is 19.1 Å². The number of hydrogen-bond donors (Lipinski definition) is 0. The number of benzene rings is 2. The molecule has 4 nitrogen and oxygen atoms in total. The van der Waals surface area contributed by atoms with Crippen LogP contribution in [-0.4, -0.2) is 17.0 Å². The Hall–Kier alpha value is -2.88. The van der Waals surface area contributed by atoms with Gasteiger partial charge in [-0.05, 0) is 29.7 Å². The predicted octanol–water partition coefficient (Wildman–Crippen LogP) is 2.66. The fraction of sp³-hybridized carbons (Fsp3) is 0.111. The summed E-state index contributed by atoms with van der Waals surface area (Å²) in [4.78, 5) is 26.9. The third-order valence-electron chi connectivity index (χ3n) is 4.09. The summed E-state index contributed by atoms with van der Waals surface area (Å²) in [6.45, 7) is 1.07. The molecule has 3 aromatic rings. The van der Waals surface area contributed by atoms with Crippen molar-refractivity contribution in [1.82, 2.24) is 4.57 Å². The summed E-state index contributed by atoms with van der Waals surface area (Å²) < 4.78 is 1.68. The van der Waals surface area contributed by atoms with Crippen molar-refractivity contribution in [2.75, 3.05) is 11.4 Å². The van der Waals surface area contributed by atoms with Crippen LogP contribution in [0.3, 0.4) is 0 Å². The van der Waals surface area contributed by atoms with Gasteiger partial charge in [-0.25, -0.2) is 0 Å². The van der Waals surface area contributed by atoms with Gasteiger partial charge in [0.05, 0.1) is 0 Å². The number of carbonyl (C=O) groups is 1. The maximum Gasteiger partial charge on any atom is 0.260 e. The van der Waals surface area contributed by atoms with Gasteiger partial charge in [0.15, 0.2) is 0 Å². The highest BCUT2D eigenvalue weighted by atomic mass is 16.2. The Kier molecular flexibility index (Phi) is 2.82. The van der Waals surface area contributed by atoms with Gasteiger partial charge in [0.1, 0.15) is 5.82 Å². The molecule has 0 fully saturated rings. The molecule has 0 aliphatic carbocycles. The van der Waals surface area contributed by atoms with E-state index in [1.165, 1.54) is 0 Å². The van der Waals surface area contributed by atoms with Crippen molar-refractivity contribution in [2.24, 2.45) is 0 Å². The van der Waals surface area contributed by atoms with Crippen LogP contribution in [0, 0.1) is 0 Å². The second-order valence-corrected chi connectivity index (χ2v) is 5.37. The summed E-state index contributed by atoms with van der Waals surface area (Å²) in [5, 5.41) is 1.56. The molecule has 4 heteroatoms. The number of rotatable bonds is 1. The number of carbonyl (C=O) groups excluding carboxylic acids is 1. The maximum absolute atomic E-state index is 12.7. The van der Waals surface area contributed by atoms with E-state index in [1.54, 1.807) is 21.6 Å². The molecule has 108 valence electrons. The van der Waals surface area contributed by atoms with E-state index < -0.39 is 0 Å². The van der Waals surface area contributed by atoms with Gasteiger partial charge >= 0.3 is 0 Å². The number of pyridine rings is 1. The summed E-state index contributed by atoms with van der Waals surface area (Å²) in [5.74, 6) is 0.610. The summed E-state index contributed by atoms with van der Waals surface area (Å²) in [7, 11) is 0. The highest BCUT2D eigenvalue weighted by molar-refractivity contribution is 6.06. The van der Waals surface area contributed by atoms with Crippen LogP contribution in [0.5, 0.6) is 0 Å². The Bertz CT molecular complexity index is 929. The Morgan fingerprint density at radius 3 is 2.45 bits per heavy atom. The molecule has 0 spiro atoms. The summed E-state index contributed by atoms with van der Waals surface area (Å²) >= 11 is 0. The minimum absolute atomic E-state index is 0.0311. The van der Waals surface area contributed by atoms with Gasteiger partial charge in [-0.1, -0.05) is 36.4 Å². The fourth-order valence-corrected chi connectivity index (χ4v) is 2.98. The summed E-state index contributed by atoms with van der Waals surface area (Å²) in [6.07, 6.45) is 0. The van der Waals surface area contributed by atoms with Crippen molar-refractivity contribution < 1.29 is 4.79 Å². The van der Waals surface area contributed by atoms with E-state index in [4.69, 9.17) is 0 Å². The third kappa shape index (κ3) is 1.84. The Morgan fingerprint density at radius 2 is 1.64 bits per heavy atom. The largest absolute Gasteiger partial charge is 0.292 e.